The summed E-state index contributed by atoms with van der Waals surface area (Å²) < 4.78 is 2.09. The van der Waals surface area contributed by atoms with Crippen LogP contribution in [-0.4, -0.2) is 39.4 Å². The van der Waals surface area contributed by atoms with Gasteiger partial charge < -0.3 is 20.3 Å². The molecule has 0 bridgehead atoms. The lowest BCUT2D eigenvalue weighted by Crippen LogP contribution is -2.50. The van der Waals surface area contributed by atoms with E-state index in [1.165, 1.54) is 0 Å². The minimum atomic E-state index is -0.686. The van der Waals surface area contributed by atoms with Gasteiger partial charge in [0.25, 0.3) is 0 Å². The van der Waals surface area contributed by atoms with E-state index in [1.54, 1.807) is 0 Å². The minimum Gasteiger partial charge on any atom is -0.388 e. The molecule has 22 heavy (non-hydrogen) atoms. The van der Waals surface area contributed by atoms with Crippen molar-refractivity contribution in [2.45, 2.75) is 38.3 Å². The topological polar surface area (TPSA) is 79.2 Å². The first-order chi connectivity index (χ1) is 10.6. The molecule has 3 rings (SSSR count). The van der Waals surface area contributed by atoms with E-state index in [0.29, 0.717) is 19.6 Å². The van der Waals surface area contributed by atoms with Crippen LogP contribution in [0.5, 0.6) is 0 Å². The highest BCUT2D eigenvalue weighted by Crippen LogP contribution is 2.30. The van der Waals surface area contributed by atoms with Gasteiger partial charge >= 0.3 is 6.03 Å². The van der Waals surface area contributed by atoms with E-state index < -0.39 is 5.60 Å². The number of para-hydroxylation sites is 2. The predicted octanol–water partition coefficient (Wildman–Crippen LogP) is 1.56. The monoisotopic (exact) mass is 302 g/mol. The van der Waals surface area contributed by atoms with Crippen molar-refractivity contribution in [3.8, 4) is 0 Å². The van der Waals surface area contributed by atoms with E-state index in [1.807, 2.05) is 31.2 Å². The summed E-state index contributed by atoms with van der Waals surface area (Å²) in [6.45, 7) is 3.48. The number of aliphatic hydroxyl groups is 1. The quantitative estimate of drug-likeness (QED) is 0.784. The number of benzene rings is 1. The van der Waals surface area contributed by atoms with Gasteiger partial charge in [-0.05, 0) is 38.3 Å². The van der Waals surface area contributed by atoms with E-state index in [0.717, 1.165) is 36.1 Å². The van der Waals surface area contributed by atoms with Gasteiger partial charge in [0.2, 0.25) is 0 Å². The fraction of sp³-hybridized carbons (Fsp3) is 0.500. The van der Waals surface area contributed by atoms with Gasteiger partial charge in [0.15, 0.2) is 0 Å². The lowest BCUT2D eigenvalue weighted by Gasteiger charge is -2.36. The molecule has 6 nitrogen and oxygen atoms in total. The molecule has 1 heterocycles. The average molecular weight is 302 g/mol. The number of carbonyl (C=O) groups excluding carboxylic acids is 1. The van der Waals surface area contributed by atoms with Crippen molar-refractivity contribution in [1.82, 2.24) is 20.2 Å². The largest absolute Gasteiger partial charge is 0.388 e. The van der Waals surface area contributed by atoms with Gasteiger partial charge in [0.05, 0.1) is 16.6 Å². The zero-order valence-corrected chi connectivity index (χ0v) is 12.8. The summed E-state index contributed by atoms with van der Waals surface area (Å²) in [6.07, 6.45) is 2.58. The van der Waals surface area contributed by atoms with Crippen molar-refractivity contribution in [3.05, 3.63) is 30.1 Å². The van der Waals surface area contributed by atoms with E-state index in [2.05, 4.69) is 20.2 Å². The second kappa shape index (κ2) is 5.96. The van der Waals surface area contributed by atoms with Crippen LogP contribution in [0.4, 0.5) is 4.79 Å². The summed E-state index contributed by atoms with van der Waals surface area (Å²) in [4.78, 5) is 16.2. The molecule has 1 saturated carbocycles. The van der Waals surface area contributed by atoms with Crippen molar-refractivity contribution in [2.24, 2.45) is 0 Å². The molecule has 1 aromatic carbocycles. The number of nitrogens with one attached hydrogen (secondary N) is 2. The number of fused-ring (bicyclic) bond motifs is 1. The molecule has 1 aromatic heterocycles. The van der Waals surface area contributed by atoms with E-state index in [-0.39, 0.29) is 6.03 Å². The number of aromatic nitrogens is 2. The van der Waals surface area contributed by atoms with Gasteiger partial charge in [-0.15, -0.1) is 0 Å². The fourth-order valence-electron chi connectivity index (χ4n) is 2.83. The van der Waals surface area contributed by atoms with Gasteiger partial charge in [0, 0.05) is 19.6 Å². The lowest BCUT2D eigenvalue weighted by atomic mass is 9.80. The van der Waals surface area contributed by atoms with Crippen LogP contribution in [0.25, 0.3) is 11.0 Å². The molecule has 6 heteroatoms. The summed E-state index contributed by atoms with van der Waals surface area (Å²) in [5.41, 5.74) is 1.36. The molecule has 1 aliphatic rings. The van der Waals surface area contributed by atoms with Crippen molar-refractivity contribution in [1.29, 1.82) is 0 Å². The number of imidazole rings is 1. The first kappa shape index (κ1) is 14.8. The molecule has 118 valence electrons. The molecule has 0 saturated heterocycles. The Morgan fingerprint density at radius 1 is 1.36 bits per heavy atom. The Morgan fingerprint density at radius 3 is 2.86 bits per heavy atom. The number of hydrogen-bond donors (Lipinski definition) is 3. The SMILES string of the molecule is Cc1nc2ccccc2n1CCNC(=O)NCC1(O)CCC1. The summed E-state index contributed by atoms with van der Waals surface area (Å²) in [5, 5.41) is 15.5. The number of aryl methyl sites for hydroxylation is 1. The molecule has 2 aromatic rings. The van der Waals surface area contributed by atoms with Crippen LogP contribution >= 0.6 is 0 Å². The van der Waals surface area contributed by atoms with Crippen LogP contribution in [0.3, 0.4) is 0 Å². The Labute approximate surface area is 129 Å². The van der Waals surface area contributed by atoms with Crippen LogP contribution in [0, 0.1) is 6.92 Å². The zero-order valence-electron chi connectivity index (χ0n) is 12.8. The van der Waals surface area contributed by atoms with E-state index in [9.17, 15) is 9.90 Å². The lowest BCUT2D eigenvalue weighted by molar-refractivity contribution is -0.0290. The predicted molar refractivity (Wildman–Crippen MR) is 84.7 cm³/mol. The zero-order chi connectivity index (χ0) is 15.6. The molecule has 2 amide bonds. The Morgan fingerprint density at radius 2 is 2.14 bits per heavy atom. The summed E-state index contributed by atoms with van der Waals surface area (Å²) in [6, 6.07) is 7.73. The highest BCUT2D eigenvalue weighted by Gasteiger charge is 2.34. The molecule has 0 aliphatic heterocycles. The van der Waals surface area contributed by atoms with Crippen LogP contribution in [-0.2, 0) is 6.54 Å². The third-order valence-corrected chi connectivity index (χ3v) is 4.33. The molecule has 0 radical (unpaired) electrons. The maximum atomic E-state index is 11.7. The molecular formula is C16H22N4O2. The van der Waals surface area contributed by atoms with Crippen molar-refractivity contribution < 1.29 is 9.90 Å². The number of urea groups is 1. The van der Waals surface area contributed by atoms with Gasteiger partial charge in [0.1, 0.15) is 5.82 Å². The van der Waals surface area contributed by atoms with Crippen LogP contribution in [0.15, 0.2) is 24.3 Å². The maximum absolute atomic E-state index is 11.7. The molecule has 0 atom stereocenters. The first-order valence-corrected chi connectivity index (χ1v) is 7.73. The average Bonchev–Trinajstić information content (AvgIpc) is 2.79. The minimum absolute atomic E-state index is 0.234. The Kier molecular flexibility index (Phi) is 4.02. The third-order valence-electron chi connectivity index (χ3n) is 4.33. The molecule has 0 unspecified atom stereocenters. The van der Waals surface area contributed by atoms with Gasteiger partial charge in [-0.1, -0.05) is 12.1 Å². The standard InChI is InChI=1S/C16H22N4O2/c1-12-19-13-5-2-3-6-14(13)20(12)10-9-17-15(21)18-11-16(22)7-4-8-16/h2-3,5-6,22H,4,7-11H2,1H3,(H2,17,18,21). The van der Waals surface area contributed by atoms with Crippen molar-refractivity contribution in [2.75, 3.05) is 13.1 Å². The number of nitrogens with zero attached hydrogens (tertiary/aromatic N) is 2. The Bertz CT molecular complexity index is 676. The smallest absolute Gasteiger partial charge is 0.314 e. The highest BCUT2D eigenvalue weighted by molar-refractivity contribution is 5.76. The summed E-state index contributed by atoms with van der Waals surface area (Å²) in [5.74, 6) is 0.937. The summed E-state index contributed by atoms with van der Waals surface area (Å²) >= 11 is 0. The molecule has 0 spiro atoms. The number of amides is 2. The Balaban J connectivity index is 1.49. The molecule has 1 aliphatic carbocycles. The van der Waals surface area contributed by atoms with Gasteiger partial charge in [-0.3, -0.25) is 0 Å². The number of carbonyl (C=O) groups is 1. The van der Waals surface area contributed by atoms with Crippen LogP contribution in [0.2, 0.25) is 0 Å². The number of hydrogen-bond acceptors (Lipinski definition) is 3. The second-order valence-corrected chi connectivity index (χ2v) is 5.99. The van der Waals surface area contributed by atoms with Crippen molar-refractivity contribution in [3.63, 3.8) is 0 Å². The van der Waals surface area contributed by atoms with Crippen LogP contribution in [0.1, 0.15) is 25.1 Å². The second-order valence-electron chi connectivity index (χ2n) is 5.99. The Hall–Kier alpha value is -2.08. The summed E-state index contributed by atoms with van der Waals surface area (Å²) in [7, 11) is 0. The molecule has 3 N–H and O–H groups in total. The number of rotatable bonds is 5. The van der Waals surface area contributed by atoms with E-state index >= 15 is 0 Å². The van der Waals surface area contributed by atoms with Gasteiger partial charge in [-0.2, -0.15) is 0 Å². The first-order valence-electron chi connectivity index (χ1n) is 7.73. The maximum Gasteiger partial charge on any atom is 0.314 e. The molecular weight excluding hydrogens is 280 g/mol. The fourth-order valence-corrected chi connectivity index (χ4v) is 2.83. The van der Waals surface area contributed by atoms with E-state index in [4.69, 9.17) is 0 Å². The van der Waals surface area contributed by atoms with Crippen LogP contribution < -0.4 is 10.6 Å². The molecule has 1 fully saturated rings. The highest BCUT2D eigenvalue weighted by atomic mass is 16.3. The van der Waals surface area contributed by atoms with Gasteiger partial charge in [-0.25, -0.2) is 9.78 Å². The third kappa shape index (κ3) is 3.06. The van der Waals surface area contributed by atoms with Crippen molar-refractivity contribution >= 4 is 17.1 Å². The normalized spacial score (nSPS) is 16.3.